The zero-order chi connectivity index (χ0) is 17.9. The molecule has 0 N–H and O–H groups in total. The normalized spacial score (nSPS) is 23.5. The van der Waals surface area contributed by atoms with E-state index in [1.54, 1.807) is 0 Å². The number of piperidine rings is 1. The van der Waals surface area contributed by atoms with Crippen LogP contribution in [0.2, 0.25) is 0 Å². The van der Waals surface area contributed by atoms with Crippen LogP contribution >= 0.6 is 0 Å². The first-order valence-corrected chi connectivity index (χ1v) is 10.3. The van der Waals surface area contributed by atoms with Crippen LogP contribution in [-0.4, -0.2) is 47.3 Å². The van der Waals surface area contributed by atoms with Crippen LogP contribution in [-0.2, 0) is 22.4 Å². The van der Waals surface area contributed by atoms with Crippen molar-refractivity contribution in [2.75, 3.05) is 19.6 Å². The molecule has 0 radical (unpaired) electrons. The zero-order valence-electron chi connectivity index (χ0n) is 15.7. The molecule has 4 rings (SSSR count). The Balaban J connectivity index is 1.32. The highest BCUT2D eigenvalue weighted by Gasteiger charge is 2.31. The second-order valence-electron chi connectivity index (χ2n) is 8.26. The van der Waals surface area contributed by atoms with Crippen LogP contribution in [0.5, 0.6) is 0 Å². The van der Waals surface area contributed by atoms with Crippen LogP contribution in [0.3, 0.4) is 0 Å². The van der Waals surface area contributed by atoms with Gasteiger partial charge in [0.25, 0.3) is 0 Å². The number of amides is 2. The van der Waals surface area contributed by atoms with Crippen molar-refractivity contribution in [3.8, 4) is 0 Å². The standard InChI is InChI=1S/C22H30N2O2/c25-21-9-5-11-23(21)13-10-20-8-3-4-12-24(20)22(26)16-17-14-18-6-1-2-7-19(18)15-17/h1-2,6-7,17,20H,3-5,8-16H2. The molecular formula is C22H30N2O2. The maximum Gasteiger partial charge on any atom is 0.223 e. The lowest BCUT2D eigenvalue weighted by atomic mass is 9.96. The fraction of sp³-hybridized carbons (Fsp3) is 0.636. The van der Waals surface area contributed by atoms with E-state index < -0.39 is 0 Å². The molecular weight excluding hydrogens is 324 g/mol. The summed E-state index contributed by atoms with van der Waals surface area (Å²) in [6, 6.07) is 8.94. The van der Waals surface area contributed by atoms with Crippen LogP contribution in [0, 0.1) is 5.92 Å². The number of carbonyl (C=O) groups excluding carboxylic acids is 2. The number of hydrogen-bond acceptors (Lipinski definition) is 2. The van der Waals surface area contributed by atoms with Gasteiger partial charge in [-0.15, -0.1) is 0 Å². The number of hydrogen-bond donors (Lipinski definition) is 0. The fourth-order valence-electron chi connectivity index (χ4n) is 5.03. The van der Waals surface area contributed by atoms with Crippen molar-refractivity contribution in [3.05, 3.63) is 35.4 Å². The van der Waals surface area contributed by atoms with Crippen LogP contribution in [0.25, 0.3) is 0 Å². The van der Waals surface area contributed by atoms with Gasteiger partial charge >= 0.3 is 0 Å². The lowest BCUT2D eigenvalue weighted by Crippen LogP contribution is -2.45. The van der Waals surface area contributed by atoms with Crippen molar-refractivity contribution < 1.29 is 9.59 Å². The number of likely N-dealkylation sites (tertiary alicyclic amines) is 2. The first-order valence-electron chi connectivity index (χ1n) is 10.3. The van der Waals surface area contributed by atoms with Gasteiger partial charge < -0.3 is 9.80 Å². The lowest BCUT2D eigenvalue weighted by Gasteiger charge is -2.37. The number of nitrogens with zero attached hydrogens (tertiary/aromatic N) is 2. The van der Waals surface area contributed by atoms with E-state index in [9.17, 15) is 9.59 Å². The summed E-state index contributed by atoms with van der Waals surface area (Å²) in [5.41, 5.74) is 2.85. The quantitative estimate of drug-likeness (QED) is 0.815. The van der Waals surface area contributed by atoms with Gasteiger partial charge in [0, 0.05) is 38.5 Å². The summed E-state index contributed by atoms with van der Waals surface area (Å²) in [7, 11) is 0. The van der Waals surface area contributed by atoms with E-state index in [-0.39, 0.29) is 0 Å². The molecule has 0 bridgehead atoms. The van der Waals surface area contributed by atoms with Gasteiger partial charge in [0.2, 0.25) is 11.8 Å². The molecule has 2 amide bonds. The minimum atomic E-state index is 0.294. The summed E-state index contributed by atoms with van der Waals surface area (Å²) in [5, 5.41) is 0. The molecule has 2 heterocycles. The molecule has 0 spiro atoms. The largest absolute Gasteiger partial charge is 0.343 e. The van der Waals surface area contributed by atoms with E-state index in [0.717, 1.165) is 58.2 Å². The van der Waals surface area contributed by atoms with E-state index >= 15 is 0 Å². The first-order chi connectivity index (χ1) is 12.7. The smallest absolute Gasteiger partial charge is 0.223 e. The minimum absolute atomic E-state index is 0.294. The Labute approximate surface area is 156 Å². The van der Waals surface area contributed by atoms with Crippen LogP contribution in [0.15, 0.2) is 24.3 Å². The predicted molar refractivity (Wildman–Crippen MR) is 102 cm³/mol. The third-order valence-corrected chi connectivity index (χ3v) is 6.45. The van der Waals surface area contributed by atoms with Gasteiger partial charge in [0.1, 0.15) is 0 Å². The topological polar surface area (TPSA) is 40.6 Å². The molecule has 4 heteroatoms. The maximum absolute atomic E-state index is 13.0. The average molecular weight is 354 g/mol. The van der Waals surface area contributed by atoms with Crippen molar-refractivity contribution in [1.29, 1.82) is 0 Å². The van der Waals surface area contributed by atoms with E-state index in [1.807, 2.05) is 4.90 Å². The lowest BCUT2D eigenvalue weighted by molar-refractivity contribution is -0.136. The van der Waals surface area contributed by atoms with Crippen molar-refractivity contribution >= 4 is 11.8 Å². The molecule has 0 aromatic heterocycles. The summed E-state index contributed by atoms with van der Waals surface area (Å²) in [6.45, 7) is 2.62. The van der Waals surface area contributed by atoms with Crippen LogP contribution in [0.4, 0.5) is 0 Å². The highest BCUT2D eigenvalue weighted by molar-refractivity contribution is 5.78. The van der Waals surface area contributed by atoms with Crippen molar-refractivity contribution in [2.24, 2.45) is 5.92 Å². The Morgan fingerprint density at radius 1 is 1.04 bits per heavy atom. The van der Waals surface area contributed by atoms with Gasteiger partial charge in [-0.1, -0.05) is 24.3 Å². The predicted octanol–water partition coefficient (Wildman–Crippen LogP) is 3.19. The number of carbonyl (C=O) groups is 2. The molecule has 140 valence electrons. The molecule has 1 aromatic rings. The molecule has 0 saturated carbocycles. The molecule has 2 fully saturated rings. The van der Waals surface area contributed by atoms with Crippen molar-refractivity contribution in [3.63, 3.8) is 0 Å². The fourth-order valence-corrected chi connectivity index (χ4v) is 5.03. The van der Waals surface area contributed by atoms with Gasteiger partial charge in [-0.3, -0.25) is 9.59 Å². The Hall–Kier alpha value is -1.84. The third-order valence-electron chi connectivity index (χ3n) is 6.45. The Morgan fingerprint density at radius 2 is 1.81 bits per heavy atom. The second-order valence-corrected chi connectivity index (χ2v) is 8.26. The van der Waals surface area contributed by atoms with Gasteiger partial charge in [-0.25, -0.2) is 0 Å². The Bertz CT molecular complexity index is 647. The average Bonchev–Trinajstić information content (AvgIpc) is 3.25. The van der Waals surface area contributed by atoms with E-state index in [0.29, 0.717) is 36.6 Å². The van der Waals surface area contributed by atoms with E-state index in [2.05, 4.69) is 29.2 Å². The molecule has 1 atom stereocenters. The summed E-state index contributed by atoms with van der Waals surface area (Å²) in [5.74, 6) is 1.09. The zero-order valence-corrected chi connectivity index (χ0v) is 15.7. The molecule has 2 aliphatic heterocycles. The number of rotatable bonds is 5. The first kappa shape index (κ1) is 17.6. The Morgan fingerprint density at radius 3 is 2.50 bits per heavy atom. The second kappa shape index (κ2) is 7.81. The molecule has 1 aliphatic carbocycles. The monoisotopic (exact) mass is 354 g/mol. The van der Waals surface area contributed by atoms with Crippen molar-refractivity contribution in [1.82, 2.24) is 9.80 Å². The summed E-state index contributed by atoms with van der Waals surface area (Å²) >= 11 is 0. The van der Waals surface area contributed by atoms with E-state index in [1.165, 1.54) is 17.5 Å². The van der Waals surface area contributed by atoms with Gasteiger partial charge in [-0.05, 0) is 62.0 Å². The highest BCUT2D eigenvalue weighted by Crippen LogP contribution is 2.30. The molecule has 26 heavy (non-hydrogen) atoms. The molecule has 3 aliphatic rings. The molecule has 1 unspecified atom stereocenters. The summed E-state index contributed by atoms with van der Waals surface area (Å²) in [4.78, 5) is 29.0. The van der Waals surface area contributed by atoms with Crippen LogP contribution < -0.4 is 0 Å². The van der Waals surface area contributed by atoms with Crippen LogP contribution in [0.1, 0.15) is 56.1 Å². The molecule has 2 saturated heterocycles. The highest BCUT2D eigenvalue weighted by atomic mass is 16.2. The maximum atomic E-state index is 13.0. The van der Waals surface area contributed by atoms with Crippen molar-refractivity contribution in [2.45, 2.75) is 63.8 Å². The SMILES string of the molecule is O=C1CCCN1CCC1CCCCN1C(=O)CC1Cc2ccccc2C1. The minimum Gasteiger partial charge on any atom is -0.343 e. The Kier molecular flexibility index (Phi) is 5.28. The van der Waals surface area contributed by atoms with Gasteiger partial charge in [0.15, 0.2) is 0 Å². The summed E-state index contributed by atoms with van der Waals surface area (Å²) < 4.78 is 0. The van der Waals surface area contributed by atoms with Gasteiger partial charge in [-0.2, -0.15) is 0 Å². The number of fused-ring (bicyclic) bond motifs is 1. The summed E-state index contributed by atoms with van der Waals surface area (Å²) in [6.07, 6.45) is 8.83. The van der Waals surface area contributed by atoms with E-state index in [4.69, 9.17) is 0 Å². The van der Waals surface area contributed by atoms with Gasteiger partial charge in [0.05, 0.1) is 0 Å². The third kappa shape index (κ3) is 3.79. The molecule has 1 aromatic carbocycles. The number of benzene rings is 1. The molecule has 4 nitrogen and oxygen atoms in total.